The van der Waals surface area contributed by atoms with Crippen LogP contribution in [0.1, 0.15) is 46.0 Å². The Labute approximate surface area is 219 Å². The first-order valence-corrected chi connectivity index (χ1v) is 12.9. The van der Waals surface area contributed by atoms with E-state index < -0.39 is 11.4 Å². The Hall–Kier alpha value is -2.39. The molecule has 0 aliphatic carbocycles. The third kappa shape index (κ3) is 5.62. The van der Waals surface area contributed by atoms with Gasteiger partial charge in [-0.25, -0.2) is 14.4 Å². The maximum absolute atomic E-state index is 14.7. The highest BCUT2D eigenvalue weighted by atomic mass is 35.5. The van der Waals surface area contributed by atoms with Crippen LogP contribution < -0.4 is 20.1 Å². The molecule has 3 N–H and O–H groups in total. The van der Waals surface area contributed by atoms with Crippen LogP contribution in [0.4, 0.5) is 15.9 Å². The van der Waals surface area contributed by atoms with E-state index in [0.29, 0.717) is 53.3 Å². The van der Waals surface area contributed by atoms with Crippen molar-refractivity contribution in [2.45, 2.75) is 69.7 Å². The van der Waals surface area contributed by atoms with Crippen LogP contribution in [0.5, 0.6) is 11.5 Å². The van der Waals surface area contributed by atoms with Crippen molar-refractivity contribution in [2.24, 2.45) is 0 Å². The molecule has 2 aromatic carbocycles. The fourth-order valence-electron chi connectivity index (χ4n) is 4.81. The lowest BCUT2D eigenvalue weighted by molar-refractivity contribution is 0.0540. The van der Waals surface area contributed by atoms with Gasteiger partial charge < -0.3 is 25.2 Å². The number of aliphatic hydroxyl groups is 1. The first-order chi connectivity index (χ1) is 17.2. The second kappa shape index (κ2) is 10.2. The molecule has 1 aromatic heterocycles. The van der Waals surface area contributed by atoms with Crippen molar-refractivity contribution in [3.8, 4) is 11.5 Å². The summed E-state index contributed by atoms with van der Waals surface area (Å²) in [7, 11) is 0. The molecule has 192 valence electrons. The fourth-order valence-corrected chi connectivity index (χ4v) is 5.12. The van der Waals surface area contributed by atoms with Gasteiger partial charge in [0.25, 0.3) is 0 Å². The zero-order valence-electron chi connectivity index (χ0n) is 20.2. The Bertz CT molecular complexity index is 1260. The Morgan fingerprint density at radius 3 is 2.61 bits per heavy atom. The van der Waals surface area contributed by atoms with E-state index in [9.17, 15) is 9.50 Å². The normalized spacial score (nSPS) is 21.6. The van der Waals surface area contributed by atoms with E-state index in [-0.39, 0.29) is 21.8 Å². The molecule has 2 bridgehead atoms. The van der Waals surface area contributed by atoms with Crippen LogP contribution in [0.2, 0.25) is 10.0 Å². The molecule has 3 aromatic rings. The quantitative estimate of drug-likeness (QED) is 0.304. The molecule has 7 nitrogen and oxygen atoms in total. The average Bonchev–Trinajstić information content (AvgIpc) is 3.17. The smallest absolute Gasteiger partial charge is 0.166 e. The van der Waals surface area contributed by atoms with Gasteiger partial charge >= 0.3 is 0 Å². The molecule has 0 saturated carbocycles. The molecule has 2 aliphatic rings. The molecule has 3 atom stereocenters. The summed E-state index contributed by atoms with van der Waals surface area (Å²) >= 11 is 11.9. The number of rotatable bonds is 8. The third-order valence-electron chi connectivity index (χ3n) is 6.68. The van der Waals surface area contributed by atoms with Crippen LogP contribution in [0.25, 0.3) is 10.9 Å². The average molecular weight is 535 g/mol. The SMILES string of the molecule is CC(C)(O)CCOc1cc2ncnc(Nc3ccc(Cl)c(Cl)c3F)c2cc1OC1C[C@H]2CC[C@@H](C1)N2. The van der Waals surface area contributed by atoms with Gasteiger partial charge in [-0.2, -0.15) is 0 Å². The van der Waals surface area contributed by atoms with E-state index in [1.54, 1.807) is 19.9 Å². The Balaban J connectivity index is 1.48. The Kier molecular flexibility index (Phi) is 7.14. The van der Waals surface area contributed by atoms with Crippen molar-refractivity contribution < 1.29 is 19.0 Å². The van der Waals surface area contributed by atoms with Crippen LogP contribution in [0.15, 0.2) is 30.6 Å². The van der Waals surface area contributed by atoms with Crippen molar-refractivity contribution in [3.05, 3.63) is 46.5 Å². The van der Waals surface area contributed by atoms with Crippen molar-refractivity contribution in [1.29, 1.82) is 0 Å². The predicted octanol–water partition coefficient (Wildman–Crippen LogP) is 6.02. The standard InChI is InChI=1S/C26H29Cl2FN4O3/c1-26(2,34)7-8-35-21-12-20-17(11-22(21)36-16-9-14-3-4-15(10-16)32-14)25(31-13-30-20)33-19-6-5-18(27)23(28)24(19)29/h5-6,11-16,32,34H,3-4,7-10H2,1-2H3,(H,30,31,33)/t14-,15+,16?. The Morgan fingerprint density at radius 2 is 1.89 bits per heavy atom. The molecule has 2 aliphatic heterocycles. The number of nitrogens with one attached hydrogen (secondary N) is 2. The highest BCUT2D eigenvalue weighted by Gasteiger charge is 2.35. The lowest BCUT2D eigenvalue weighted by atomic mass is 10.0. The second-order valence-corrected chi connectivity index (χ2v) is 10.9. The number of piperidine rings is 1. The minimum absolute atomic E-state index is 0.0476. The first kappa shape index (κ1) is 25.3. The summed E-state index contributed by atoms with van der Waals surface area (Å²) in [6.45, 7) is 3.80. The number of hydrogen-bond donors (Lipinski definition) is 3. The highest BCUT2D eigenvalue weighted by Crippen LogP contribution is 2.39. The van der Waals surface area contributed by atoms with E-state index in [0.717, 1.165) is 25.7 Å². The summed E-state index contributed by atoms with van der Waals surface area (Å²) in [6, 6.07) is 7.58. The monoisotopic (exact) mass is 534 g/mol. The predicted molar refractivity (Wildman–Crippen MR) is 139 cm³/mol. The molecule has 5 rings (SSSR count). The number of ether oxygens (including phenoxy) is 2. The van der Waals surface area contributed by atoms with Crippen molar-refractivity contribution in [1.82, 2.24) is 15.3 Å². The van der Waals surface area contributed by atoms with Crippen molar-refractivity contribution in [2.75, 3.05) is 11.9 Å². The van der Waals surface area contributed by atoms with Crippen LogP contribution in [0, 0.1) is 5.82 Å². The van der Waals surface area contributed by atoms with Crippen molar-refractivity contribution in [3.63, 3.8) is 0 Å². The van der Waals surface area contributed by atoms with E-state index in [4.69, 9.17) is 32.7 Å². The molecule has 10 heteroatoms. The van der Waals surface area contributed by atoms with Crippen molar-refractivity contribution >= 4 is 45.6 Å². The summed E-state index contributed by atoms with van der Waals surface area (Å²) in [5, 5.41) is 17.4. The molecular formula is C26H29Cl2FN4O3. The van der Waals surface area contributed by atoms with Gasteiger partial charge in [0.15, 0.2) is 17.3 Å². The Morgan fingerprint density at radius 1 is 1.14 bits per heavy atom. The molecular weight excluding hydrogens is 506 g/mol. The van der Waals surface area contributed by atoms with E-state index >= 15 is 0 Å². The number of hydrogen-bond acceptors (Lipinski definition) is 7. The molecule has 0 spiro atoms. The van der Waals surface area contributed by atoms with Gasteiger partial charge in [-0.05, 0) is 57.7 Å². The number of anilines is 2. The minimum atomic E-state index is -0.852. The number of nitrogens with zero attached hydrogens (tertiary/aromatic N) is 2. The first-order valence-electron chi connectivity index (χ1n) is 12.1. The lowest BCUT2D eigenvalue weighted by Crippen LogP contribution is -2.42. The summed E-state index contributed by atoms with van der Waals surface area (Å²) < 4.78 is 27.3. The lowest BCUT2D eigenvalue weighted by Gasteiger charge is -2.30. The maximum Gasteiger partial charge on any atom is 0.166 e. The largest absolute Gasteiger partial charge is 0.490 e. The second-order valence-electron chi connectivity index (χ2n) is 10.1. The van der Waals surface area contributed by atoms with E-state index in [2.05, 4.69) is 20.6 Å². The van der Waals surface area contributed by atoms with Crippen LogP contribution in [-0.2, 0) is 0 Å². The summed E-state index contributed by atoms with van der Waals surface area (Å²) in [4.78, 5) is 8.73. The van der Waals surface area contributed by atoms with Gasteiger partial charge in [0, 0.05) is 30.0 Å². The number of fused-ring (bicyclic) bond motifs is 3. The molecule has 36 heavy (non-hydrogen) atoms. The van der Waals surface area contributed by atoms with Gasteiger partial charge in [0.1, 0.15) is 18.2 Å². The molecule has 1 unspecified atom stereocenters. The van der Waals surface area contributed by atoms with Crippen LogP contribution in [0.3, 0.4) is 0 Å². The number of benzene rings is 2. The van der Waals surface area contributed by atoms with E-state index in [1.807, 2.05) is 6.07 Å². The molecule has 0 radical (unpaired) electrons. The molecule has 2 fully saturated rings. The van der Waals surface area contributed by atoms with Gasteiger partial charge in [0.2, 0.25) is 0 Å². The van der Waals surface area contributed by atoms with E-state index in [1.165, 1.54) is 18.5 Å². The number of halogens is 3. The third-order valence-corrected chi connectivity index (χ3v) is 7.47. The topological polar surface area (TPSA) is 88.5 Å². The number of aromatic nitrogens is 2. The summed E-state index contributed by atoms with van der Waals surface area (Å²) in [5.41, 5.74) is -0.105. The van der Waals surface area contributed by atoms with Crippen LogP contribution >= 0.6 is 23.2 Å². The molecule has 0 amide bonds. The zero-order valence-corrected chi connectivity index (χ0v) is 21.7. The van der Waals surface area contributed by atoms with Gasteiger partial charge in [-0.1, -0.05) is 23.2 Å². The van der Waals surface area contributed by atoms with Gasteiger partial charge in [-0.15, -0.1) is 0 Å². The molecule has 2 saturated heterocycles. The fraction of sp³-hybridized carbons (Fsp3) is 0.462. The zero-order chi connectivity index (χ0) is 25.4. The minimum Gasteiger partial charge on any atom is -0.490 e. The van der Waals surface area contributed by atoms with Gasteiger partial charge in [0.05, 0.1) is 33.5 Å². The van der Waals surface area contributed by atoms with Crippen LogP contribution in [-0.4, -0.2) is 45.5 Å². The highest BCUT2D eigenvalue weighted by molar-refractivity contribution is 6.42. The van der Waals surface area contributed by atoms with Gasteiger partial charge in [-0.3, -0.25) is 0 Å². The maximum atomic E-state index is 14.7. The summed E-state index contributed by atoms with van der Waals surface area (Å²) in [6.07, 6.45) is 6.06. The summed E-state index contributed by atoms with van der Waals surface area (Å²) in [5.74, 6) is 0.847. The molecule has 3 heterocycles.